The quantitative estimate of drug-likeness (QED) is 0.556. The van der Waals surface area contributed by atoms with Crippen LogP contribution in [0.2, 0.25) is 0 Å². The molecular formula is C16H33NO. The van der Waals surface area contributed by atoms with Gasteiger partial charge in [0.05, 0.1) is 6.10 Å². The third-order valence-corrected chi connectivity index (χ3v) is 3.86. The highest BCUT2D eigenvalue weighted by atomic mass is 16.5. The lowest BCUT2D eigenvalue weighted by Gasteiger charge is -2.21. The highest BCUT2D eigenvalue weighted by molar-refractivity contribution is 4.65. The first-order valence-electron chi connectivity index (χ1n) is 8.26. The molecule has 0 amide bonds. The van der Waals surface area contributed by atoms with Gasteiger partial charge in [0.2, 0.25) is 0 Å². The molecule has 0 saturated heterocycles. The van der Waals surface area contributed by atoms with Gasteiger partial charge >= 0.3 is 0 Å². The maximum atomic E-state index is 5.90. The molecule has 0 aromatic rings. The highest BCUT2D eigenvalue weighted by Gasteiger charge is 2.12. The van der Waals surface area contributed by atoms with Crippen molar-refractivity contribution in [3.63, 3.8) is 0 Å². The first-order valence-corrected chi connectivity index (χ1v) is 8.26. The van der Waals surface area contributed by atoms with Crippen molar-refractivity contribution < 1.29 is 4.74 Å². The van der Waals surface area contributed by atoms with E-state index in [1.807, 2.05) is 0 Å². The van der Waals surface area contributed by atoms with Gasteiger partial charge in [-0.05, 0) is 38.8 Å². The van der Waals surface area contributed by atoms with Crippen molar-refractivity contribution in [2.45, 2.75) is 83.7 Å². The number of unbranched alkanes of at least 4 members (excludes halogenated alkanes) is 4. The smallest absolute Gasteiger partial charge is 0.0575 e. The summed E-state index contributed by atoms with van der Waals surface area (Å²) < 4.78 is 5.90. The SMILES string of the molecule is CCCCCCCNCCCOC1CCCCC1. The van der Waals surface area contributed by atoms with Crippen LogP contribution in [0.15, 0.2) is 0 Å². The molecule has 0 bridgehead atoms. The van der Waals surface area contributed by atoms with Gasteiger partial charge in [0.1, 0.15) is 0 Å². The van der Waals surface area contributed by atoms with E-state index in [4.69, 9.17) is 4.74 Å². The summed E-state index contributed by atoms with van der Waals surface area (Å²) in [4.78, 5) is 0. The molecule has 1 N–H and O–H groups in total. The molecule has 18 heavy (non-hydrogen) atoms. The van der Waals surface area contributed by atoms with E-state index in [9.17, 15) is 0 Å². The molecule has 0 unspecified atom stereocenters. The zero-order valence-electron chi connectivity index (χ0n) is 12.4. The van der Waals surface area contributed by atoms with Crippen LogP contribution in [0.5, 0.6) is 0 Å². The van der Waals surface area contributed by atoms with Crippen LogP contribution in [0.4, 0.5) is 0 Å². The first-order chi connectivity index (χ1) is 8.93. The number of rotatable bonds is 11. The molecule has 2 heteroatoms. The molecule has 0 aromatic carbocycles. The van der Waals surface area contributed by atoms with E-state index in [1.165, 1.54) is 77.2 Å². The Hall–Kier alpha value is -0.0800. The predicted octanol–water partition coefficient (Wildman–Crippen LogP) is 4.29. The maximum Gasteiger partial charge on any atom is 0.0575 e. The van der Waals surface area contributed by atoms with Crippen LogP contribution in [-0.2, 0) is 4.74 Å². The largest absolute Gasteiger partial charge is 0.378 e. The average molecular weight is 255 g/mol. The van der Waals surface area contributed by atoms with Gasteiger partial charge in [-0.3, -0.25) is 0 Å². The molecule has 0 heterocycles. The summed E-state index contributed by atoms with van der Waals surface area (Å²) in [5.41, 5.74) is 0. The third-order valence-electron chi connectivity index (χ3n) is 3.86. The van der Waals surface area contributed by atoms with Crippen LogP contribution in [-0.4, -0.2) is 25.8 Å². The van der Waals surface area contributed by atoms with Crippen LogP contribution in [0.25, 0.3) is 0 Å². The average Bonchev–Trinajstić information content (AvgIpc) is 2.42. The van der Waals surface area contributed by atoms with Gasteiger partial charge in [0, 0.05) is 6.61 Å². The molecule has 1 aliphatic rings. The minimum Gasteiger partial charge on any atom is -0.378 e. The molecule has 108 valence electrons. The Morgan fingerprint density at radius 1 is 0.889 bits per heavy atom. The lowest BCUT2D eigenvalue weighted by Crippen LogP contribution is -2.21. The summed E-state index contributed by atoms with van der Waals surface area (Å²) in [6.45, 7) is 5.53. The van der Waals surface area contributed by atoms with Crippen molar-refractivity contribution in [3.05, 3.63) is 0 Å². The number of nitrogens with one attached hydrogen (secondary N) is 1. The Balaban J connectivity index is 1.73. The predicted molar refractivity (Wildman–Crippen MR) is 79.1 cm³/mol. The number of hydrogen-bond acceptors (Lipinski definition) is 2. The van der Waals surface area contributed by atoms with Crippen molar-refractivity contribution in [3.8, 4) is 0 Å². The lowest BCUT2D eigenvalue weighted by atomic mass is 9.98. The zero-order valence-corrected chi connectivity index (χ0v) is 12.4. The van der Waals surface area contributed by atoms with Gasteiger partial charge in [0.25, 0.3) is 0 Å². The van der Waals surface area contributed by atoms with Crippen LogP contribution in [0.3, 0.4) is 0 Å². The topological polar surface area (TPSA) is 21.3 Å². The summed E-state index contributed by atoms with van der Waals surface area (Å²) in [7, 11) is 0. The number of hydrogen-bond donors (Lipinski definition) is 1. The second-order valence-electron chi connectivity index (χ2n) is 5.65. The zero-order chi connectivity index (χ0) is 12.9. The van der Waals surface area contributed by atoms with E-state index in [0.717, 1.165) is 13.2 Å². The number of ether oxygens (including phenoxy) is 1. The fourth-order valence-electron chi connectivity index (χ4n) is 2.66. The Morgan fingerprint density at radius 2 is 1.61 bits per heavy atom. The molecule has 1 fully saturated rings. The fraction of sp³-hybridized carbons (Fsp3) is 1.00. The van der Waals surface area contributed by atoms with E-state index in [1.54, 1.807) is 0 Å². The molecule has 0 radical (unpaired) electrons. The van der Waals surface area contributed by atoms with Crippen molar-refractivity contribution in [2.75, 3.05) is 19.7 Å². The normalized spacial score (nSPS) is 17.2. The second-order valence-corrected chi connectivity index (χ2v) is 5.65. The van der Waals surface area contributed by atoms with Gasteiger partial charge in [0.15, 0.2) is 0 Å². The van der Waals surface area contributed by atoms with E-state index >= 15 is 0 Å². The molecule has 1 aliphatic carbocycles. The van der Waals surface area contributed by atoms with Gasteiger partial charge in [-0.15, -0.1) is 0 Å². The monoisotopic (exact) mass is 255 g/mol. The van der Waals surface area contributed by atoms with Crippen molar-refractivity contribution in [1.82, 2.24) is 5.32 Å². The molecule has 0 atom stereocenters. The first kappa shape index (κ1) is 16.0. The minimum absolute atomic E-state index is 0.577. The maximum absolute atomic E-state index is 5.90. The van der Waals surface area contributed by atoms with E-state index < -0.39 is 0 Å². The molecule has 2 nitrogen and oxygen atoms in total. The van der Waals surface area contributed by atoms with Crippen LogP contribution in [0, 0.1) is 0 Å². The van der Waals surface area contributed by atoms with Gasteiger partial charge in [-0.2, -0.15) is 0 Å². The minimum atomic E-state index is 0.577. The molecule has 1 saturated carbocycles. The molecular weight excluding hydrogens is 222 g/mol. The van der Waals surface area contributed by atoms with E-state index in [0.29, 0.717) is 6.10 Å². The molecule has 0 aromatic heterocycles. The molecule has 0 spiro atoms. The molecule has 0 aliphatic heterocycles. The van der Waals surface area contributed by atoms with Crippen LogP contribution >= 0.6 is 0 Å². The molecule has 1 rings (SSSR count). The highest BCUT2D eigenvalue weighted by Crippen LogP contribution is 2.20. The second kappa shape index (κ2) is 12.0. The van der Waals surface area contributed by atoms with Crippen LogP contribution in [0.1, 0.15) is 77.6 Å². The Morgan fingerprint density at radius 3 is 2.39 bits per heavy atom. The van der Waals surface area contributed by atoms with Crippen LogP contribution < -0.4 is 5.32 Å². The van der Waals surface area contributed by atoms with Crippen molar-refractivity contribution >= 4 is 0 Å². The standard InChI is InChI=1S/C16H33NO/c1-2-3-4-5-9-13-17-14-10-15-18-16-11-7-6-8-12-16/h16-17H,2-15H2,1H3. The Labute approximate surface area is 114 Å². The summed E-state index contributed by atoms with van der Waals surface area (Å²) in [5, 5.41) is 3.52. The van der Waals surface area contributed by atoms with Gasteiger partial charge < -0.3 is 10.1 Å². The van der Waals surface area contributed by atoms with Gasteiger partial charge in [-0.1, -0.05) is 51.9 Å². The van der Waals surface area contributed by atoms with E-state index in [2.05, 4.69) is 12.2 Å². The summed E-state index contributed by atoms with van der Waals surface area (Å²) >= 11 is 0. The lowest BCUT2D eigenvalue weighted by molar-refractivity contribution is 0.0273. The van der Waals surface area contributed by atoms with Gasteiger partial charge in [-0.25, -0.2) is 0 Å². The fourth-order valence-corrected chi connectivity index (χ4v) is 2.66. The van der Waals surface area contributed by atoms with E-state index in [-0.39, 0.29) is 0 Å². The Bertz CT molecular complexity index is 166. The summed E-state index contributed by atoms with van der Waals surface area (Å²) in [6, 6.07) is 0. The summed E-state index contributed by atoms with van der Waals surface area (Å²) in [6.07, 6.45) is 15.4. The Kier molecular flexibility index (Phi) is 10.6. The third kappa shape index (κ3) is 8.93. The summed E-state index contributed by atoms with van der Waals surface area (Å²) in [5.74, 6) is 0. The van der Waals surface area contributed by atoms with Crippen molar-refractivity contribution in [2.24, 2.45) is 0 Å². The van der Waals surface area contributed by atoms with Crippen molar-refractivity contribution in [1.29, 1.82) is 0 Å².